The van der Waals surface area contributed by atoms with E-state index < -0.39 is 0 Å². The van der Waals surface area contributed by atoms with Crippen molar-refractivity contribution in [2.75, 3.05) is 6.54 Å². The molecule has 1 heteroatoms. The molecule has 2 N–H and O–H groups in total. The number of nitrogens with two attached hydrogens (primary N) is 1. The minimum absolute atomic E-state index is 0.700. The second-order valence-electron chi connectivity index (χ2n) is 5.09. The Morgan fingerprint density at radius 2 is 1.62 bits per heavy atom. The van der Waals surface area contributed by atoms with Gasteiger partial charge in [0.25, 0.3) is 0 Å². The van der Waals surface area contributed by atoms with E-state index in [4.69, 9.17) is 5.73 Å². The van der Waals surface area contributed by atoms with Crippen LogP contribution in [0.3, 0.4) is 0 Å². The molecule has 0 atom stereocenters. The molecule has 0 amide bonds. The molecular weight excluding hydrogens is 158 g/mol. The Morgan fingerprint density at radius 1 is 1.00 bits per heavy atom. The molecule has 2 aliphatic carbocycles. The topological polar surface area (TPSA) is 26.0 Å². The average Bonchev–Trinajstić information content (AvgIpc) is 2.92. The van der Waals surface area contributed by atoms with Gasteiger partial charge < -0.3 is 5.73 Å². The molecule has 0 saturated heterocycles. The monoisotopic (exact) mass is 181 g/mol. The molecule has 0 aromatic rings. The molecule has 2 saturated carbocycles. The van der Waals surface area contributed by atoms with E-state index in [9.17, 15) is 0 Å². The van der Waals surface area contributed by atoms with Gasteiger partial charge in [-0.05, 0) is 50.0 Å². The highest BCUT2D eigenvalue weighted by molar-refractivity contribution is 4.94. The lowest BCUT2D eigenvalue weighted by Gasteiger charge is -2.32. The van der Waals surface area contributed by atoms with Crippen molar-refractivity contribution in [2.24, 2.45) is 17.1 Å². The van der Waals surface area contributed by atoms with E-state index in [2.05, 4.69) is 0 Å². The van der Waals surface area contributed by atoms with Gasteiger partial charge in [0, 0.05) is 0 Å². The quantitative estimate of drug-likeness (QED) is 0.665. The molecule has 1 nitrogen and oxygen atoms in total. The first-order valence-corrected chi connectivity index (χ1v) is 6.07. The van der Waals surface area contributed by atoms with Gasteiger partial charge in [0.1, 0.15) is 0 Å². The molecule has 0 unspecified atom stereocenters. The summed E-state index contributed by atoms with van der Waals surface area (Å²) in [5.41, 5.74) is 6.46. The average molecular weight is 181 g/mol. The molecule has 76 valence electrons. The van der Waals surface area contributed by atoms with Crippen LogP contribution < -0.4 is 5.73 Å². The van der Waals surface area contributed by atoms with Gasteiger partial charge in [-0.25, -0.2) is 0 Å². The minimum atomic E-state index is 0.700. The van der Waals surface area contributed by atoms with Gasteiger partial charge in [-0.3, -0.25) is 0 Å². The van der Waals surface area contributed by atoms with E-state index in [1.807, 2.05) is 0 Å². The Hall–Kier alpha value is -0.0400. The van der Waals surface area contributed by atoms with Crippen molar-refractivity contribution in [3.05, 3.63) is 0 Å². The predicted octanol–water partition coefficient (Wildman–Crippen LogP) is 3.09. The molecule has 2 fully saturated rings. The van der Waals surface area contributed by atoms with Crippen molar-refractivity contribution in [2.45, 2.75) is 57.8 Å². The number of hydrogen-bond donors (Lipinski definition) is 1. The molecular formula is C12H23N. The number of hydrogen-bond acceptors (Lipinski definition) is 1. The van der Waals surface area contributed by atoms with Crippen LogP contribution >= 0.6 is 0 Å². The number of rotatable bonds is 3. The Balaban J connectivity index is 2.00. The standard InChI is InChI=1S/C12H23N/c13-10-9-12(11-5-6-11)7-3-1-2-4-8-12/h11H,1-10,13H2. The summed E-state index contributed by atoms with van der Waals surface area (Å²) in [6.45, 7) is 0.913. The highest BCUT2D eigenvalue weighted by Gasteiger charge is 2.43. The smallest absolute Gasteiger partial charge is 0.00719 e. The molecule has 0 bridgehead atoms. The molecule has 0 spiro atoms. The summed E-state index contributed by atoms with van der Waals surface area (Å²) in [5.74, 6) is 1.06. The van der Waals surface area contributed by atoms with E-state index in [-0.39, 0.29) is 0 Å². The van der Waals surface area contributed by atoms with Crippen LogP contribution in [0, 0.1) is 11.3 Å². The highest BCUT2D eigenvalue weighted by Crippen LogP contribution is 2.54. The van der Waals surface area contributed by atoms with Crippen LogP contribution in [-0.4, -0.2) is 6.54 Å². The normalized spacial score (nSPS) is 28.4. The van der Waals surface area contributed by atoms with E-state index in [1.165, 1.54) is 57.8 Å². The fraction of sp³-hybridized carbons (Fsp3) is 1.00. The summed E-state index contributed by atoms with van der Waals surface area (Å²) in [4.78, 5) is 0. The molecule has 2 aliphatic rings. The molecule has 0 aromatic carbocycles. The molecule has 2 rings (SSSR count). The third-order valence-electron chi connectivity index (χ3n) is 4.18. The zero-order valence-electron chi connectivity index (χ0n) is 8.73. The van der Waals surface area contributed by atoms with E-state index in [0.29, 0.717) is 5.41 Å². The maximum absolute atomic E-state index is 5.76. The van der Waals surface area contributed by atoms with Gasteiger partial charge in [0.2, 0.25) is 0 Å². The van der Waals surface area contributed by atoms with E-state index in [1.54, 1.807) is 0 Å². The second-order valence-corrected chi connectivity index (χ2v) is 5.09. The van der Waals surface area contributed by atoms with Crippen LogP contribution in [0.5, 0.6) is 0 Å². The van der Waals surface area contributed by atoms with Crippen molar-refractivity contribution in [1.82, 2.24) is 0 Å². The molecule has 13 heavy (non-hydrogen) atoms. The fourth-order valence-corrected chi connectivity index (χ4v) is 3.28. The zero-order valence-corrected chi connectivity index (χ0v) is 8.73. The summed E-state index contributed by atoms with van der Waals surface area (Å²) in [6.07, 6.45) is 13.1. The third-order valence-corrected chi connectivity index (χ3v) is 4.18. The maximum Gasteiger partial charge on any atom is -0.00719 e. The Kier molecular flexibility index (Phi) is 2.92. The van der Waals surface area contributed by atoms with Gasteiger partial charge in [-0.1, -0.05) is 25.7 Å². The van der Waals surface area contributed by atoms with E-state index in [0.717, 1.165) is 12.5 Å². The SMILES string of the molecule is NCCC1(C2CC2)CCCCCC1. The first kappa shape index (κ1) is 9.51. The zero-order chi connectivity index (χ0) is 9.15. The first-order valence-electron chi connectivity index (χ1n) is 6.07. The second kappa shape index (κ2) is 4.00. The lowest BCUT2D eigenvalue weighted by molar-refractivity contribution is 0.186. The van der Waals surface area contributed by atoms with Crippen molar-refractivity contribution in [3.8, 4) is 0 Å². The fourth-order valence-electron chi connectivity index (χ4n) is 3.28. The van der Waals surface area contributed by atoms with Crippen molar-refractivity contribution >= 4 is 0 Å². The van der Waals surface area contributed by atoms with Gasteiger partial charge in [-0.15, -0.1) is 0 Å². The van der Waals surface area contributed by atoms with E-state index >= 15 is 0 Å². The van der Waals surface area contributed by atoms with Crippen LogP contribution in [0.25, 0.3) is 0 Å². The maximum atomic E-state index is 5.76. The Morgan fingerprint density at radius 3 is 2.08 bits per heavy atom. The largest absolute Gasteiger partial charge is 0.330 e. The van der Waals surface area contributed by atoms with Crippen LogP contribution in [0.4, 0.5) is 0 Å². The summed E-state index contributed by atoms with van der Waals surface area (Å²) in [5, 5.41) is 0. The molecule has 0 radical (unpaired) electrons. The predicted molar refractivity (Wildman–Crippen MR) is 56.5 cm³/mol. The lowest BCUT2D eigenvalue weighted by atomic mass is 9.73. The van der Waals surface area contributed by atoms with Crippen molar-refractivity contribution < 1.29 is 0 Å². The molecule has 0 heterocycles. The lowest BCUT2D eigenvalue weighted by Crippen LogP contribution is -2.26. The van der Waals surface area contributed by atoms with Crippen LogP contribution in [0.2, 0.25) is 0 Å². The first-order chi connectivity index (χ1) is 6.37. The van der Waals surface area contributed by atoms with Gasteiger partial charge in [0.15, 0.2) is 0 Å². The summed E-state index contributed by atoms with van der Waals surface area (Å²) >= 11 is 0. The van der Waals surface area contributed by atoms with Gasteiger partial charge >= 0.3 is 0 Å². The Bertz CT molecular complexity index is 153. The summed E-state index contributed by atoms with van der Waals surface area (Å²) in [7, 11) is 0. The van der Waals surface area contributed by atoms with Crippen molar-refractivity contribution in [1.29, 1.82) is 0 Å². The van der Waals surface area contributed by atoms with Gasteiger partial charge in [0.05, 0.1) is 0 Å². The highest BCUT2D eigenvalue weighted by atomic mass is 14.6. The summed E-state index contributed by atoms with van der Waals surface area (Å²) in [6, 6.07) is 0. The van der Waals surface area contributed by atoms with Gasteiger partial charge in [-0.2, -0.15) is 0 Å². The minimum Gasteiger partial charge on any atom is -0.330 e. The summed E-state index contributed by atoms with van der Waals surface area (Å²) < 4.78 is 0. The third kappa shape index (κ3) is 2.07. The molecule has 0 aliphatic heterocycles. The van der Waals surface area contributed by atoms with Crippen molar-refractivity contribution in [3.63, 3.8) is 0 Å². The van der Waals surface area contributed by atoms with Crippen LogP contribution in [-0.2, 0) is 0 Å². The Labute approximate surface area is 82.1 Å². The molecule has 0 aromatic heterocycles. The van der Waals surface area contributed by atoms with Crippen LogP contribution in [0.15, 0.2) is 0 Å². The van der Waals surface area contributed by atoms with Crippen LogP contribution in [0.1, 0.15) is 57.8 Å².